The molecule has 0 fully saturated rings. The molecule has 2 rings (SSSR count). The average Bonchev–Trinajstić information content (AvgIpc) is 2.52. The Balaban J connectivity index is 1.93. The predicted octanol–water partition coefficient (Wildman–Crippen LogP) is 4.21. The summed E-state index contributed by atoms with van der Waals surface area (Å²) in [7, 11) is 0. The summed E-state index contributed by atoms with van der Waals surface area (Å²) in [6.07, 6.45) is -5.76. The molecule has 0 aliphatic carbocycles. The van der Waals surface area contributed by atoms with Crippen molar-refractivity contribution >= 4 is 23.3 Å². The number of carbonyl (C=O) groups is 1. The molecule has 0 aliphatic rings. The number of nitrogens with one attached hydrogen (secondary N) is 2. The van der Waals surface area contributed by atoms with Gasteiger partial charge in [0.15, 0.2) is 0 Å². The molecular formula is C16H14ClF3N2O2. The molecule has 8 heteroatoms. The zero-order valence-corrected chi connectivity index (χ0v) is 13.0. The number of alkyl halides is 3. The molecule has 2 aromatic rings. The lowest BCUT2D eigenvalue weighted by molar-refractivity contribution is -0.137. The average molecular weight is 359 g/mol. The number of aliphatic hydroxyl groups is 1. The van der Waals surface area contributed by atoms with Gasteiger partial charge < -0.3 is 15.7 Å². The van der Waals surface area contributed by atoms with Crippen molar-refractivity contribution in [3.8, 4) is 0 Å². The Hall–Kier alpha value is -2.25. The van der Waals surface area contributed by atoms with Gasteiger partial charge in [-0.3, -0.25) is 0 Å². The smallest absolute Gasteiger partial charge is 0.387 e. The number of anilines is 1. The van der Waals surface area contributed by atoms with Crippen molar-refractivity contribution in [2.24, 2.45) is 0 Å². The van der Waals surface area contributed by atoms with E-state index in [1.165, 1.54) is 18.2 Å². The first-order chi connectivity index (χ1) is 11.3. The van der Waals surface area contributed by atoms with Crippen LogP contribution in [-0.4, -0.2) is 17.7 Å². The van der Waals surface area contributed by atoms with E-state index in [-0.39, 0.29) is 12.1 Å². The van der Waals surface area contributed by atoms with Gasteiger partial charge in [0.25, 0.3) is 0 Å². The molecule has 0 bridgehead atoms. The number of benzene rings is 2. The lowest BCUT2D eigenvalue weighted by atomic mass is 10.1. The summed E-state index contributed by atoms with van der Waals surface area (Å²) in [6.45, 7) is -0.242. The molecule has 0 heterocycles. The van der Waals surface area contributed by atoms with Gasteiger partial charge in [-0.1, -0.05) is 29.8 Å². The minimum Gasteiger partial charge on any atom is -0.387 e. The normalized spacial score (nSPS) is 12.5. The summed E-state index contributed by atoms with van der Waals surface area (Å²) in [6, 6.07) is 10.2. The molecule has 4 nitrogen and oxygen atoms in total. The number of carbonyl (C=O) groups excluding carboxylic acids is 1. The van der Waals surface area contributed by atoms with Crippen molar-refractivity contribution in [1.29, 1.82) is 0 Å². The molecule has 0 aliphatic heterocycles. The number of amides is 2. The molecule has 1 unspecified atom stereocenters. The van der Waals surface area contributed by atoms with E-state index >= 15 is 0 Å². The van der Waals surface area contributed by atoms with E-state index in [0.717, 1.165) is 12.1 Å². The SMILES string of the molecule is O=C(NCC(O)c1cccc(C(F)(F)F)c1)Nc1cccc(Cl)c1. The number of halogens is 4. The van der Waals surface area contributed by atoms with Gasteiger partial charge in [-0.15, -0.1) is 0 Å². The number of hydrogen-bond acceptors (Lipinski definition) is 2. The fourth-order valence-corrected chi connectivity index (χ4v) is 2.16. The third kappa shape index (κ3) is 5.14. The highest BCUT2D eigenvalue weighted by Gasteiger charge is 2.30. The Kier molecular flexibility index (Phi) is 5.69. The van der Waals surface area contributed by atoms with Gasteiger partial charge in [0.2, 0.25) is 0 Å². The van der Waals surface area contributed by atoms with Crippen LogP contribution in [0.25, 0.3) is 0 Å². The van der Waals surface area contributed by atoms with Gasteiger partial charge >= 0.3 is 12.2 Å². The van der Waals surface area contributed by atoms with Crippen molar-refractivity contribution in [2.45, 2.75) is 12.3 Å². The van der Waals surface area contributed by atoms with Crippen molar-refractivity contribution < 1.29 is 23.1 Å². The summed E-state index contributed by atoms with van der Waals surface area (Å²) >= 11 is 5.78. The molecule has 24 heavy (non-hydrogen) atoms. The maximum absolute atomic E-state index is 12.6. The molecule has 3 N–H and O–H groups in total. The second-order valence-corrected chi connectivity index (χ2v) is 5.42. The zero-order chi connectivity index (χ0) is 17.7. The summed E-state index contributed by atoms with van der Waals surface area (Å²) in [4.78, 5) is 11.7. The second kappa shape index (κ2) is 7.55. The Morgan fingerprint density at radius 2 is 1.88 bits per heavy atom. The Morgan fingerprint density at radius 3 is 2.54 bits per heavy atom. The maximum Gasteiger partial charge on any atom is 0.416 e. The molecular weight excluding hydrogens is 345 g/mol. The van der Waals surface area contributed by atoms with E-state index in [9.17, 15) is 23.1 Å². The molecule has 2 aromatic carbocycles. The lowest BCUT2D eigenvalue weighted by Gasteiger charge is -2.15. The van der Waals surface area contributed by atoms with Crippen LogP contribution in [-0.2, 0) is 6.18 Å². The highest BCUT2D eigenvalue weighted by molar-refractivity contribution is 6.30. The molecule has 128 valence electrons. The van der Waals surface area contributed by atoms with Crippen LogP contribution >= 0.6 is 11.6 Å². The molecule has 0 saturated heterocycles. The van der Waals surface area contributed by atoms with E-state index in [1.807, 2.05) is 0 Å². The molecule has 0 radical (unpaired) electrons. The Labute approximate surface area is 141 Å². The minimum absolute atomic E-state index is 0.0629. The van der Waals surface area contributed by atoms with Gasteiger partial charge in [-0.05, 0) is 35.9 Å². The van der Waals surface area contributed by atoms with Crippen molar-refractivity contribution in [3.63, 3.8) is 0 Å². The fraction of sp³-hybridized carbons (Fsp3) is 0.188. The van der Waals surface area contributed by atoms with Gasteiger partial charge in [0.1, 0.15) is 0 Å². The fourth-order valence-electron chi connectivity index (χ4n) is 1.97. The van der Waals surface area contributed by atoms with Crippen LogP contribution in [0.1, 0.15) is 17.2 Å². The van der Waals surface area contributed by atoms with Crippen molar-refractivity contribution in [2.75, 3.05) is 11.9 Å². The number of urea groups is 1. The first-order valence-corrected chi connectivity index (χ1v) is 7.29. The topological polar surface area (TPSA) is 61.4 Å². The van der Waals surface area contributed by atoms with Crippen LogP contribution in [0.2, 0.25) is 5.02 Å². The lowest BCUT2D eigenvalue weighted by Crippen LogP contribution is -2.32. The summed E-state index contributed by atoms with van der Waals surface area (Å²) in [5, 5.41) is 15.3. The van der Waals surface area contributed by atoms with Crippen LogP contribution in [0.4, 0.5) is 23.7 Å². The van der Waals surface area contributed by atoms with E-state index < -0.39 is 23.9 Å². The monoisotopic (exact) mass is 358 g/mol. The number of rotatable bonds is 4. The van der Waals surface area contributed by atoms with Crippen LogP contribution in [0, 0.1) is 0 Å². The molecule has 0 saturated carbocycles. The highest BCUT2D eigenvalue weighted by atomic mass is 35.5. The standard InChI is InChI=1S/C16H14ClF3N2O2/c17-12-5-2-6-13(8-12)22-15(24)21-9-14(23)10-3-1-4-11(7-10)16(18,19)20/h1-8,14,23H,9H2,(H2,21,22,24). The van der Waals surface area contributed by atoms with Crippen LogP contribution in [0.3, 0.4) is 0 Å². The molecule has 0 spiro atoms. The maximum atomic E-state index is 12.6. The van der Waals surface area contributed by atoms with Crippen LogP contribution in [0.5, 0.6) is 0 Å². The zero-order valence-electron chi connectivity index (χ0n) is 12.3. The second-order valence-electron chi connectivity index (χ2n) is 4.98. The largest absolute Gasteiger partial charge is 0.416 e. The van der Waals surface area contributed by atoms with Gasteiger partial charge in [0.05, 0.1) is 11.7 Å². The third-order valence-corrected chi connectivity index (χ3v) is 3.37. The Bertz CT molecular complexity index is 722. The van der Waals surface area contributed by atoms with Crippen LogP contribution < -0.4 is 10.6 Å². The molecule has 0 aromatic heterocycles. The van der Waals surface area contributed by atoms with Crippen molar-refractivity contribution in [1.82, 2.24) is 5.32 Å². The van der Waals surface area contributed by atoms with Crippen LogP contribution in [0.15, 0.2) is 48.5 Å². The number of aliphatic hydroxyl groups excluding tert-OH is 1. The summed E-state index contributed by atoms with van der Waals surface area (Å²) < 4.78 is 37.9. The van der Waals surface area contributed by atoms with Crippen molar-refractivity contribution in [3.05, 3.63) is 64.7 Å². The van der Waals surface area contributed by atoms with E-state index in [2.05, 4.69) is 10.6 Å². The first kappa shape index (κ1) is 18.1. The number of hydrogen-bond donors (Lipinski definition) is 3. The summed E-state index contributed by atoms with van der Waals surface area (Å²) in [5.74, 6) is 0. The van der Waals surface area contributed by atoms with Gasteiger partial charge in [-0.25, -0.2) is 4.79 Å². The van der Waals surface area contributed by atoms with Gasteiger partial charge in [0, 0.05) is 17.3 Å². The predicted molar refractivity (Wildman–Crippen MR) is 84.9 cm³/mol. The highest BCUT2D eigenvalue weighted by Crippen LogP contribution is 2.30. The minimum atomic E-state index is -4.49. The first-order valence-electron chi connectivity index (χ1n) is 6.91. The van der Waals surface area contributed by atoms with E-state index in [4.69, 9.17) is 11.6 Å². The third-order valence-electron chi connectivity index (χ3n) is 3.14. The quantitative estimate of drug-likeness (QED) is 0.766. The molecule has 1 atom stereocenters. The summed E-state index contributed by atoms with van der Waals surface area (Å²) in [5.41, 5.74) is -0.344. The van der Waals surface area contributed by atoms with E-state index in [1.54, 1.807) is 18.2 Å². The molecule has 2 amide bonds. The van der Waals surface area contributed by atoms with E-state index in [0.29, 0.717) is 10.7 Å². The van der Waals surface area contributed by atoms with Gasteiger partial charge in [-0.2, -0.15) is 13.2 Å². The Morgan fingerprint density at radius 1 is 1.17 bits per heavy atom.